The van der Waals surface area contributed by atoms with E-state index in [0.717, 1.165) is 45.0 Å². The normalized spacial score (nSPS) is 14.8. The summed E-state index contributed by atoms with van der Waals surface area (Å²) in [4.78, 5) is 9.54. The summed E-state index contributed by atoms with van der Waals surface area (Å²) in [5, 5.41) is 14.2. The second kappa shape index (κ2) is 8.01. The van der Waals surface area contributed by atoms with E-state index in [4.69, 9.17) is 9.40 Å². The summed E-state index contributed by atoms with van der Waals surface area (Å²) < 4.78 is 7.08. The van der Waals surface area contributed by atoms with Crippen LogP contribution in [-0.2, 0) is 6.42 Å². The van der Waals surface area contributed by atoms with Crippen LogP contribution in [0.15, 0.2) is 65.4 Å². The van der Waals surface area contributed by atoms with Crippen LogP contribution in [0.4, 0.5) is 5.82 Å². The molecule has 4 heterocycles. The molecule has 0 atom stereocenters. The molecule has 0 N–H and O–H groups in total. The minimum Gasteiger partial charge on any atom is -0.463 e. The van der Waals surface area contributed by atoms with E-state index in [1.807, 2.05) is 12.3 Å². The number of hydrogen-bond donors (Lipinski definition) is 0. The SMILES string of the molecule is N#Cc1c(-c2ccco2)nn2ccc(N3CCN(CCc4ccccc4)CC3)nc12. The Balaban J connectivity index is 1.29. The molecule has 3 aromatic heterocycles. The Labute approximate surface area is 174 Å². The topological polar surface area (TPSA) is 73.6 Å². The highest BCUT2D eigenvalue weighted by Gasteiger charge is 2.21. The predicted octanol–water partition coefficient (Wildman–Crippen LogP) is 3.23. The Kier molecular flexibility index (Phi) is 4.91. The van der Waals surface area contributed by atoms with Crippen LogP contribution in [0.1, 0.15) is 11.1 Å². The predicted molar refractivity (Wildman–Crippen MR) is 114 cm³/mol. The number of nitriles is 1. The van der Waals surface area contributed by atoms with Gasteiger partial charge in [0, 0.05) is 38.9 Å². The first-order valence-corrected chi connectivity index (χ1v) is 10.2. The third-order valence-electron chi connectivity index (χ3n) is 5.59. The van der Waals surface area contributed by atoms with Gasteiger partial charge in [-0.2, -0.15) is 10.4 Å². The number of fused-ring (bicyclic) bond motifs is 1. The molecular weight excluding hydrogens is 376 g/mol. The third-order valence-corrected chi connectivity index (χ3v) is 5.59. The molecule has 1 aromatic carbocycles. The molecule has 1 aliphatic heterocycles. The lowest BCUT2D eigenvalue weighted by Crippen LogP contribution is -2.47. The molecule has 30 heavy (non-hydrogen) atoms. The van der Waals surface area contributed by atoms with Crippen LogP contribution in [0, 0.1) is 11.3 Å². The van der Waals surface area contributed by atoms with Gasteiger partial charge in [-0.3, -0.25) is 4.90 Å². The molecule has 0 aliphatic carbocycles. The van der Waals surface area contributed by atoms with Crippen LogP contribution in [0.3, 0.4) is 0 Å². The van der Waals surface area contributed by atoms with Gasteiger partial charge in [-0.1, -0.05) is 30.3 Å². The highest BCUT2D eigenvalue weighted by molar-refractivity contribution is 5.73. The van der Waals surface area contributed by atoms with Crippen LogP contribution in [0.5, 0.6) is 0 Å². The highest BCUT2D eigenvalue weighted by Crippen LogP contribution is 2.26. The number of rotatable bonds is 5. The molecule has 1 fully saturated rings. The number of benzene rings is 1. The third kappa shape index (κ3) is 3.53. The van der Waals surface area contributed by atoms with E-state index in [0.29, 0.717) is 22.7 Å². The lowest BCUT2D eigenvalue weighted by atomic mass is 10.1. The molecule has 4 aromatic rings. The van der Waals surface area contributed by atoms with Gasteiger partial charge in [0.05, 0.1) is 6.26 Å². The second-order valence-corrected chi connectivity index (χ2v) is 7.43. The van der Waals surface area contributed by atoms with Gasteiger partial charge in [0.2, 0.25) is 0 Å². The summed E-state index contributed by atoms with van der Waals surface area (Å²) in [6.07, 6.45) is 4.52. The number of furan rings is 1. The summed E-state index contributed by atoms with van der Waals surface area (Å²) in [7, 11) is 0. The average Bonchev–Trinajstić information content (AvgIpc) is 3.46. The molecule has 0 unspecified atom stereocenters. The fourth-order valence-electron chi connectivity index (χ4n) is 3.92. The van der Waals surface area contributed by atoms with Crippen molar-refractivity contribution in [1.82, 2.24) is 19.5 Å². The molecule has 7 heteroatoms. The van der Waals surface area contributed by atoms with E-state index in [9.17, 15) is 5.26 Å². The lowest BCUT2D eigenvalue weighted by Gasteiger charge is -2.35. The molecule has 150 valence electrons. The Morgan fingerprint density at radius 1 is 1.00 bits per heavy atom. The fraction of sp³-hybridized carbons (Fsp3) is 0.261. The maximum absolute atomic E-state index is 9.69. The number of anilines is 1. The van der Waals surface area contributed by atoms with E-state index in [1.54, 1.807) is 22.9 Å². The smallest absolute Gasteiger partial charge is 0.175 e. The number of hydrogen-bond acceptors (Lipinski definition) is 6. The summed E-state index contributed by atoms with van der Waals surface area (Å²) in [5.74, 6) is 1.46. The van der Waals surface area contributed by atoms with Gasteiger partial charge in [-0.15, -0.1) is 0 Å². The Morgan fingerprint density at radius 2 is 1.83 bits per heavy atom. The van der Waals surface area contributed by atoms with E-state index < -0.39 is 0 Å². The standard InChI is InChI=1S/C23H22N6O/c24-17-19-22(20-7-4-16-30-20)26-29-11-9-21(25-23(19)29)28-14-12-27(13-15-28)10-8-18-5-2-1-3-6-18/h1-7,9,11,16H,8,10,12-15H2. The van der Waals surface area contributed by atoms with Crippen molar-refractivity contribution in [3.63, 3.8) is 0 Å². The van der Waals surface area contributed by atoms with E-state index in [1.165, 1.54) is 5.56 Å². The molecule has 0 bridgehead atoms. The van der Waals surface area contributed by atoms with Crippen LogP contribution in [0.2, 0.25) is 0 Å². The zero-order valence-electron chi connectivity index (χ0n) is 16.6. The van der Waals surface area contributed by atoms with Crippen molar-refractivity contribution in [3.8, 4) is 17.5 Å². The average molecular weight is 398 g/mol. The van der Waals surface area contributed by atoms with Gasteiger partial charge in [0.25, 0.3) is 0 Å². The van der Waals surface area contributed by atoms with Gasteiger partial charge in [0.15, 0.2) is 11.4 Å². The van der Waals surface area contributed by atoms with Crippen molar-refractivity contribution < 1.29 is 4.42 Å². The van der Waals surface area contributed by atoms with E-state index in [2.05, 4.69) is 51.3 Å². The van der Waals surface area contributed by atoms with Gasteiger partial charge >= 0.3 is 0 Å². The first-order chi connectivity index (χ1) is 14.8. The molecule has 5 rings (SSSR count). The first-order valence-electron chi connectivity index (χ1n) is 10.2. The Morgan fingerprint density at radius 3 is 2.57 bits per heavy atom. The Hall–Kier alpha value is -3.63. The van der Waals surface area contributed by atoms with Gasteiger partial charge < -0.3 is 9.32 Å². The number of piperazine rings is 1. The molecule has 0 spiro atoms. The van der Waals surface area contributed by atoms with Crippen molar-refractivity contribution >= 4 is 11.5 Å². The van der Waals surface area contributed by atoms with Crippen molar-refractivity contribution in [2.24, 2.45) is 0 Å². The minimum absolute atomic E-state index is 0.438. The molecular formula is C23H22N6O. The number of nitrogens with zero attached hydrogens (tertiary/aromatic N) is 6. The quantitative estimate of drug-likeness (QED) is 0.514. The minimum atomic E-state index is 0.438. The lowest BCUT2D eigenvalue weighted by molar-refractivity contribution is 0.260. The van der Waals surface area contributed by atoms with Crippen LogP contribution in [-0.4, -0.2) is 52.2 Å². The molecule has 1 saturated heterocycles. The zero-order chi connectivity index (χ0) is 20.3. The number of aromatic nitrogens is 3. The Bertz CT molecular complexity index is 1170. The van der Waals surface area contributed by atoms with Crippen LogP contribution < -0.4 is 4.90 Å². The monoisotopic (exact) mass is 398 g/mol. The van der Waals surface area contributed by atoms with Crippen molar-refractivity contribution in [2.75, 3.05) is 37.6 Å². The first kappa shape index (κ1) is 18.4. The molecule has 7 nitrogen and oxygen atoms in total. The van der Waals surface area contributed by atoms with Gasteiger partial charge in [-0.05, 0) is 30.2 Å². The summed E-state index contributed by atoms with van der Waals surface area (Å²) >= 11 is 0. The maximum atomic E-state index is 9.69. The summed E-state index contributed by atoms with van der Waals surface area (Å²) in [5.41, 5.74) is 2.91. The van der Waals surface area contributed by atoms with Crippen molar-refractivity contribution in [2.45, 2.75) is 6.42 Å². The second-order valence-electron chi connectivity index (χ2n) is 7.43. The van der Waals surface area contributed by atoms with Crippen LogP contribution >= 0.6 is 0 Å². The highest BCUT2D eigenvalue weighted by atomic mass is 16.3. The summed E-state index contributed by atoms with van der Waals surface area (Å²) in [6, 6.07) is 18.4. The fourth-order valence-corrected chi connectivity index (χ4v) is 3.92. The van der Waals surface area contributed by atoms with Crippen molar-refractivity contribution in [1.29, 1.82) is 5.26 Å². The van der Waals surface area contributed by atoms with E-state index >= 15 is 0 Å². The molecule has 1 aliphatic rings. The van der Waals surface area contributed by atoms with E-state index in [-0.39, 0.29) is 0 Å². The molecule has 0 saturated carbocycles. The molecule has 0 radical (unpaired) electrons. The summed E-state index contributed by atoms with van der Waals surface area (Å²) in [6.45, 7) is 4.90. The zero-order valence-corrected chi connectivity index (χ0v) is 16.6. The largest absolute Gasteiger partial charge is 0.463 e. The molecule has 0 amide bonds. The van der Waals surface area contributed by atoms with Crippen molar-refractivity contribution in [3.05, 3.63) is 72.1 Å². The maximum Gasteiger partial charge on any atom is 0.175 e. The van der Waals surface area contributed by atoms with Gasteiger partial charge in [-0.25, -0.2) is 9.50 Å². The van der Waals surface area contributed by atoms with Gasteiger partial charge in [0.1, 0.15) is 23.1 Å². The van der Waals surface area contributed by atoms with Crippen LogP contribution in [0.25, 0.3) is 17.1 Å².